The number of anilines is 1. The van der Waals surface area contributed by atoms with Gasteiger partial charge in [0.15, 0.2) is 5.78 Å². The second kappa shape index (κ2) is 5.94. The molecule has 0 spiro atoms. The van der Waals surface area contributed by atoms with Crippen LogP contribution in [-0.2, 0) is 0 Å². The Kier molecular flexibility index (Phi) is 4.00. The molecule has 3 nitrogen and oxygen atoms in total. The summed E-state index contributed by atoms with van der Waals surface area (Å²) in [7, 11) is 0. The number of nitrogens with one attached hydrogen (secondary N) is 1. The molecule has 0 heterocycles. The summed E-state index contributed by atoms with van der Waals surface area (Å²) < 4.78 is 1.11. The first-order valence-corrected chi connectivity index (χ1v) is 7.95. The summed E-state index contributed by atoms with van der Waals surface area (Å²) in [6, 6.07) is 15.9. The number of hydrogen-bond acceptors (Lipinski definition) is 3. The molecular weight excluding hydrogens is 340 g/mol. The quantitative estimate of drug-likeness (QED) is 0.822. The Morgan fingerprint density at radius 3 is 2.77 bits per heavy atom. The van der Waals surface area contributed by atoms with Crippen LogP contribution >= 0.6 is 15.9 Å². The van der Waals surface area contributed by atoms with E-state index < -0.39 is 0 Å². The van der Waals surface area contributed by atoms with Crippen LogP contribution in [0.5, 0.6) is 0 Å². The smallest absolute Gasteiger partial charge is 0.159 e. The zero-order chi connectivity index (χ0) is 15.7. The van der Waals surface area contributed by atoms with Crippen molar-refractivity contribution in [3.63, 3.8) is 0 Å². The van der Waals surface area contributed by atoms with Crippen molar-refractivity contribution in [2.24, 2.45) is 0 Å². The molecule has 110 valence electrons. The number of ketones is 1. The van der Waals surface area contributed by atoms with Gasteiger partial charge in [-0.15, -0.1) is 0 Å². The van der Waals surface area contributed by atoms with Crippen LogP contribution in [0, 0.1) is 11.3 Å². The van der Waals surface area contributed by atoms with E-state index in [1.54, 1.807) is 18.2 Å². The normalized spacial score (nSPS) is 19.3. The van der Waals surface area contributed by atoms with Gasteiger partial charge in [0, 0.05) is 22.0 Å². The van der Waals surface area contributed by atoms with E-state index in [2.05, 4.69) is 33.4 Å². The molecule has 2 atom stereocenters. The molecule has 1 saturated carbocycles. The zero-order valence-electron chi connectivity index (χ0n) is 12.1. The molecule has 22 heavy (non-hydrogen) atoms. The predicted molar refractivity (Wildman–Crippen MR) is 90.1 cm³/mol. The first kappa shape index (κ1) is 14.8. The van der Waals surface area contributed by atoms with Crippen LogP contribution in [0.2, 0.25) is 0 Å². The van der Waals surface area contributed by atoms with E-state index in [4.69, 9.17) is 0 Å². The number of carbonyl (C=O) groups is 1. The van der Waals surface area contributed by atoms with Gasteiger partial charge in [0.1, 0.15) is 6.07 Å². The van der Waals surface area contributed by atoms with Gasteiger partial charge < -0.3 is 5.32 Å². The summed E-state index contributed by atoms with van der Waals surface area (Å²) in [5, 5.41) is 12.6. The van der Waals surface area contributed by atoms with Crippen LogP contribution in [-0.4, -0.2) is 11.8 Å². The number of nitrogens with zero attached hydrogens (tertiary/aromatic N) is 1. The van der Waals surface area contributed by atoms with Crippen molar-refractivity contribution >= 4 is 27.4 Å². The Morgan fingerprint density at radius 2 is 2.09 bits per heavy atom. The molecule has 1 aliphatic rings. The molecule has 2 aromatic rings. The maximum absolute atomic E-state index is 11.5. The standard InChI is InChI=1S/C18H15BrN2O/c1-11(22)12-6-7-13(10-20)17(8-12)21-18-9-15(18)14-4-2-3-5-16(14)19/h2-8,15,18,21H,9H2,1H3. The van der Waals surface area contributed by atoms with Crippen LogP contribution in [0.25, 0.3) is 0 Å². The first-order valence-electron chi connectivity index (χ1n) is 7.16. The highest BCUT2D eigenvalue weighted by Crippen LogP contribution is 2.45. The molecule has 1 aliphatic carbocycles. The fourth-order valence-corrected chi connectivity index (χ4v) is 3.23. The highest BCUT2D eigenvalue weighted by atomic mass is 79.9. The molecule has 2 unspecified atom stereocenters. The number of rotatable bonds is 4. The maximum Gasteiger partial charge on any atom is 0.159 e. The Bertz CT molecular complexity index is 779. The fourth-order valence-electron chi connectivity index (χ4n) is 2.65. The third-order valence-electron chi connectivity index (χ3n) is 3.98. The Labute approximate surface area is 138 Å². The molecule has 0 bridgehead atoms. The highest BCUT2D eigenvalue weighted by Gasteiger charge is 2.39. The average Bonchev–Trinajstić information content (AvgIpc) is 3.26. The number of carbonyl (C=O) groups excluding carboxylic acids is 1. The molecule has 4 heteroatoms. The molecule has 3 rings (SSSR count). The minimum atomic E-state index is 0.00527. The van der Waals surface area contributed by atoms with Crippen LogP contribution in [0.1, 0.15) is 40.7 Å². The Hall–Kier alpha value is -2.12. The molecule has 0 aromatic heterocycles. The van der Waals surface area contributed by atoms with Crippen molar-refractivity contribution in [2.45, 2.75) is 25.3 Å². The summed E-state index contributed by atoms with van der Waals surface area (Å²) in [5.41, 5.74) is 3.22. The van der Waals surface area contributed by atoms with Gasteiger partial charge in [0.05, 0.1) is 11.3 Å². The van der Waals surface area contributed by atoms with E-state index in [1.165, 1.54) is 12.5 Å². The number of nitriles is 1. The minimum absolute atomic E-state index is 0.00527. The van der Waals surface area contributed by atoms with Gasteiger partial charge in [-0.05, 0) is 43.2 Å². The Balaban J connectivity index is 1.81. The SMILES string of the molecule is CC(=O)c1ccc(C#N)c(NC2CC2c2ccccc2Br)c1. The number of hydrogen-bond donors (Lipinski definition) is 1. The van der Waals surface area contributed by atoms with Crippen LogP contribution in [0.4, 0.5) is 5.69 Å². The lowest BCUT2D eigenvalue weighted by Crippen LogP contribution is -2.07. The van der Waals surface area contributed by atoms with Gasteiger partial charge in [-0.25, -0.2) is 0 Å². The van der Waals surface area contributed by atoms with E-state index >= 15 is 0 Å². The number of benzene rings is 2. The molecule has 0 radical (unpaired) electrons. The molecular formula is C18H15BrN2O. The average molecular weight is 355 g/mol. The monoisotopic (exact) mass is 354 g/mol. The van der Waals surface area contributed by atoms with Crippen molar-refractivity contribution in [3.8, 4) is 6.07 Å². The van der Waals surface area contributed by atoms with Crippen LogP contribution in [0.3, 0.4) is 0 Å². The van der Waals surface area contributed by atoms with Crippen molar-refractivity contribution < 1.29 is 4.79 Å². The topological polar surface area (TPSA) is 52.9 Å². The predicted octanol–water partition coefficient (Wildman–Crippen LogP) is 4.49. The molecule has 0 aliphatic heterocycles. The lowest BCUT2D eigenvalue weighted by atomic mass is 10.1. The fraction of sp³-hybridized carbons (Fsp3) is 0.222. The minimum Gasteiger partial charge on any atom is -0.381 e. The van der Waals surface area contributed by atoms with Crippen LogP contribution < -0.4 is 5.32 Å². The summed E-state index contributed by atoms with van der Waals surface area (Å²) in [5.74, 6) is 0.439. The number of Topliss-reactive ketones (excluding diaryl/α,β-unsaturated/α-hetero) is 1. The van der Waals surface area contributed by atoms with Gasteiger partial charge in [-0.2, -0.15) is 5.26 Å². The molecule has 0 saturated heterocycles. The van der Waals surface area contributed by atoms with Crippen molar-refractivity contribution in [2.75, 3.05) is 5.32 Å². The summed E-state index contributed by atoms with van der Waals surface area (Å²) in [4.78, 5) is 11.5. The summed E-state index contributed by atoms with van der Waals surface area (Å²) in [6.45, 7) is 1.53. The summed E-state index contributed by atoms with van der Waals surface area (Å²) in [6.07, 6.45) is 1.03. The van der Waals surface area contributed by atoms with E-state index in [1.807, 2.05) is 18.2 Å². The van der Waals surface area contributed by atoms with E-state index in [-0.39, 0.29) is 5.78 Å². The lowest BCUT2D eigenvalue weighted by molar-refractivity contribution is 0.101. The first-order chi connectivity index (χ1) is 10.6. The van der Waals surface area contributed by atoms with Gasteiger partial charge >= 0.3 is 0 Å². The lowest BCUT2D eigenvalue weighted by Gasteiger charge is -2.10. The van der Waals surface area contributed by atoms with Gasteiger partial charge in [0.25, 0.3) is 0 Å². The zero-order valence-corrected chi connectivity index (χ0v) is 13.7. The third-order valence-corrected chi connectivity index (χ3v) is 4.70. The van der Waals surface area contributed by atoms with Crippen molar-refractivity contribution in [1.82, 2.24) is 0 Å². The van der Waals surface area contributed by atoms with Crippen LogP contribution in [0.15, 0.2) is 46.9 Å². The van der Waals surface area contributed by atoms with Gasteiger partial charge in [0.2, 0.25) is 0 Å². The van der Waals surface area contributed by atoms with Gasteiger partial charge in [-0.3, -0.25) is 4.79 Å². The largest absolute Gasteiger partial charge is 0.381 e. The van der Waals surface area contributed by atoms with Crippen molar-refractivity contribution in [3.05, 3.63) is 63.6 Å². The van der Waals surface area contributed by atoms with E-state index in [9.17, 15) is 10.1 Å². The highest BCUT2D eigenvalue weighted by molar-refractivity contribution is 9.10. The van der Waals surface area contributed by atoms with E-state index in [0.717, 1.165) is 16.6 Å². The second-order valence-corrected chi connectivity index (χ2v) is 6.40. The number of halogens is 1. The van der Waals surface area contributed by atoms with Gasteiger partial charge in [-0.1, -0.05) is 34.1 Å². The molecule has 1 fully saturated rings. The second-order valence-electron chi connectivity index (χ2n) is 5.54. The van der Waals surface area contributed by atoms with Crippen molar-refractivity contribution in [1.29, 1.82) is 5.26 Å². The Morgan fingerprint density at radius 1 is 1.32 bits per heavy atom. The summed E-state index contributed by atoms with van der Waals surface area (Å²) >= 11 is 3.58. The third kappa shape index (κ3) is 2.90. The molecule has 0 amide bonds. The molecule has 2 aromatic carbocycles. The van der Waals surface area contributed by atoms with E-state index in [0.29, 0.717) is 23.1 Å². The molecule has 1 N–H and O–H groups in total. The maximum atomic E-state index is 11.5.